The van der Waals surface area contributed by atoms with Crippen molar-refractivity contribution >= 4 is 23.2 Å². The first-order valence-electron chi connectivity index (χ1n) is 6.02. The Hall–Kier alpha value is -0.280. The van der Waals surface area contributed by atoms with Gasteiger partial charge < -0.3 is 5.11 Å². The van der Waals surface area contributed by atoms with Gasteiger partial charge in [-0.05, 0) is 50.0 Å². The number of likely N-dealkylation sites (tertiary alicyclic amines) is 1. The number of halogens is 2. The van der Waals surface area contributed by atoms with Gasteiger partial charge >= 0.3 is 0 Å². The summed E-state index contributed by atoms with van der Waals surface area (Å²) in [5, 5.41) is 10.6. The van der Waals surface area contributed by atoms with Gasteiger partial charge in [0.1, 0.15) is 0 Å². The molecule has 1 N–H and O–H groups in total. The second kappa shape index (κ2) is 6.05. The van der Waals surface area contributed by atoms with E-state index in [2.05, 4.69) is 4.90 Å². The third-order valence-electron chi connectivity index (χ3n) is 3.31. The van der Waals surface area contributed by atoms with Crippen LogP contribution in [-0.4, -0.2) is 29.7 Å². The molecule has 17 heavy (non-hydrogen) atoms. The summed E-state index contributed by atoms with van der Waals surface area (Å²) in [4.78, 5) is 2.39. The Morgan fingerprint density at radius 1 is 1.24 bits per heavy atom. The van der Waals surface area contributed by atoms with Crippen molar-refractivity contribution in [3.63, 3.8) is 0 Å². The van der Waals surface area contributed by atoms with Crippen molar-refractivity contribution in [2.24, 2.45) is 0 Å². The SMILES string of the molecule is OCCC(c1ccc(Cl)cc1Cl)N1CCCC1. The standard InChI is InChI=1S/C13H17Cl2NO/c14-10-3-4-11(12(15)9-10)13(5-8-17)16-6-1-2-7-16/h3-4,9,13,17H,1-2,5-8H2. The van der Waals surface area contributed by atoms with E-state index in [1.807, 2.05) is 12.1 Å². The number of benzene rings is 1. The van der Waals surface area contributed by atoms with Gasteiger partial charge in [-0.1, -0.05) is 29.3 Å². The second-order valence-electron chi connectivity index (χ2n) is 4.44. The minimum absolute atomic E-state index is 0.181. The van der Waals surface area contributed by atoms with E-state index >= 15 is 0 Å². The summed E-state index contributed by atoms with van der Waals surface area (Å²) in [6.07, 6.45) is 3.18. The fourth-order valence-electron chi connectivity index (χ4n) is 2.48. The fraction of sp³-hybridized carbons (Fsp3) is 0.538. The first kappa shape index (κ1) is 13.2. The van der Waals surface area contributed by atoms with Crippen molar-refractivity contribution in [3.8, 4) is 0 Å². The van der Waals surface area contributed by atoms with E-state index in [-0.39, 0.29) is 12.6 Å². The molecular weight excluding hydrogens is 257 g/mol. The largest absolute Gasteiger partial charge is 0.396 e. The van der Waals surface area contributed by atoms with Crippen LogP contribution in [-0.2, 0) is 0 Å². The van der Waals surface area contributed by atoms with Crippen molar-refractivity contribution in [3.05, 3.63) is 33.8 Å². The Morgan fingerprint density at radius 2 is 1.94 bits per heavy atom. The van der Waals surface area contributed by atoms with E-state index in [1.54, 1.807) is 6.07 Å². The maximum atomic E-state index is 9.21. The van der Waals surface area contributed by atoms with Crippen LogP contribution in [0.3, 0.4) is 0 Å². The number of nitrogens with zero attached hydrogens (tertiary/aromatic N) is 1. The molecule has 94 valence electrons. The number of hydrogen-bond donors (Lipinski definition) is 1. The average Bonchev–Trinajstić information content (AvgIpc) is 2.80. The van der Waals surface area contributed by atoms with Crippen LogP contribution in [0.1, 0.15) is 30.9 Å². The van der Waals surface area contributed by atoms with E-state index < -0.39 is 0 Å². The highest BCUT2D eigenvalue weighted by Crippen LogP contribution is 2.33. The maximum absolute atomic E-state index is 9.21. The lowest BCUT2D eigenvalue weighted by atomic mass is 10.0. The summed E-state index contributed by atoms with van der Waals surface area (Å²) in [6.45, 7) is 2.35. The van der Waals surface area contributed by atoms with Gasteiger partial charge in [-0.25, -0.2) is 0 Å². The molecule has 1 aromatic rings. The molecule has 1 unspecified atom stereocenters. The van der Waals surface area contributed by atoms with Crippen molar-refractivity contribution in [1.29, 1.82) is 0 Å². The normalized spacial score (nSPS) is 18.5. The Kier molecular flexibility index (Phi) is 4.69. The highest BCUT2D eigenvalue weighted by molar-refractivity contribution is 6.35. The van der Waals surface area contributed by atoms with Crippen LogP contribution in [0, 0.1) is 0 Å². The summed E-state index contributed by atoms with van der Waals surface area (Å²) < 4.78 is 0. The molecule has 0 aliphatic carbocycles. The zero-order chi connectivity index (χ0) is 12.3. The highest BCUT2D eigenvalue weighted by atomic mass is 35.5. The first-order valence-corrected chi connectivity index (χ1v) is 6.78. The molecule has 0 aromatic heterocycles. The quantitative estimate of drug-likeness (QED) is 0.908. The second-order valence-corrected chi connectivity index (χ2v) is 5.28. The minimum Gasteiger partial charge on any atom is -0.396 e. The van der Waals surface area contributed by atoms with Crippen LogP contribution in [0.25, 0.3) is 0 Å². The molecule has 0 spiro atoms. The molecule has 1 aliphatic heterocycles. The van der Waals surface area contributed by atoms with Crippen molar-refractivity contribution < 1.29 is 5.11 Å². The number of rotatable bonds is 4. The van der Waals surface area contributed by atoms with Crippen LogP contribution in [0.4, 0.5) is 0 Å². The molecule has 1 aliphatic rings. The van der Waals surface area contributed by atoms with Crippen LogP contribution in [0.15, 0.2) is 18.2 Å². The lowest BCUT2D eigenvalue weighted by molar-refractivity contribution is 0.185. The molecule has 1 saturated heterocycles. The fourth-order valence-corrected chi connectivity index (χ4v) is 3.02. The Balaban J connectivity index is 2.24. The van der Waals surface area contributed by atoms with E-state index in [0.717, 1.165) is 25.1 Å². The predicted molar refractivity (Wildman–Crippen MR) is 71.7 cm³/mol. The molecular formula is C13H17Cl2NO. The highest BCUT2D eigenvalue weighted by Gasteiger charge is 2.24. The third kappa shape index (κ3) is 3.14. The van der Waals surface area contributed by atoms with Crippen LogP contribution >= 0.6 is 23.2 Å². The molecule has 0 saturated carbocycles. The van der Waals surface area contributed by atoms with Gasteiger partial charge in [0, 0.05) is 22.7 Å². The molecule has 1 fully saturated rings. The molecule has 4 heteroatoms. The monoisotopic (exact) mass is 273 g/mol. The maximum Gasteiger partial charge on any atom is 0.0468 e. The van der Waals surface area contributed by atoms with Gasteiger partial charge in [0.25, 0.3) is 0 Å². The summed E-state index contributed by atoms with van der Waals surface area (Å²) in [6, 6.07) is 5.83. The number of hydrogen-bond acceptors (Lipinski definition) is 2. The lowest BCUT2D eigenvalue weighted by Crippen LogP contribution is -2.26. The Morgan fingerprint density at radius 3 is 2.53 bits per heavy atom. The van der Waals surface area contributed by atoms with Crippen molar-refractivity contribution in [2.45, 2.75) is 25.3 Å². The Bertz CT molecular complexity index is 378. The predicted octanol–water partition coefficient (Wildman–Crippen LogP) is 3.51. The third-order valence-corrected chi connectivity index (χ3v) is 3.87. The van der Waals surface area contributed by atoms with E-state index in [0.29, 0.717) is 10.0 Å². The van der Waals surface area contributed by atoms with E-state index in [1.165, 1.54) is 12.8 Å². The smallest absolute Gasteiger partial charge is 0.0468 e. The van der Waals surface area contributed by atoms with Gasteiger partial charge in [-0.15, -0.1) is 0 Å². The van der Waals surface area contributed by atoms with Crippen molar-refractivity contribution in [2.75, 3.05) is 19.7 Å². The Labute approximate surface area is 112 Å². The van der Waals surface area contributed by atoms with Crippen LogP contribution < -0.4 is 0 Å². The summed E-state index contributed by atoms with van der Waals surface area (Å²) in [5.41, 5.74) is 1.08. The lowest BCUT2D eigenvalue weighted by Gasteiger charge is -2.28. The number of aliphatic hydroxyl groups is 1. The molecule has 0 bridgehead atoms. The van der Waals surface area contributed by atoms with E-state index in [9.17, 15) is 5.11 Å². The molecule has 0 amide bonds. The van der Waals surface area contributed by atoms with Gasteiger partial charge in [0.15, 0.2) is 0 Å². The molecule has 2 rings (SSSR count). The van der Waals surface area contributed by atoms with Gasteiger partial charge in [-0.3, -0.25) is 4.90 Å². The summed E-state index contributed by atoms with van der Waals surface area (Å²) in [5.74, 6) is 0. The van der Waals surface area contributed by atoms with Crippen LogP contribution in [0.5, 0.6) is 0 Å². The molecule has 1 atom stereocenters. The summed E-state index contributed by atoms with van der Waals surface area (Å²) >= 11 is 12.2. The molecule has 1 aromatic carbocycles. The summed E-state index contributed by atoms with van der Waals surface area (Å²) in [7, 11) is 0. The van der Waals surface area contributed by atoms with Crippen molar-refractivity contribution in [1.82, 2.24) is 4.90 Å². The first-order chi connectivity index (χ1) is 8.22. The topological polar surface area (TPSA) is 23.5 Å². The molecule has 0 radical (unpaired) electrons. The minimum atomic E-state index is 0.181. The van der Waals surface area contributed by atoms with Gasteiger partial charge in [0.2, 0.25) is 0 Å². The molecule has 1 heterocycles. The van der Waals surface area contributed by atoms with Gasteiger partial charge in [0.05, 0.1) is 0 Å². The zero-order valence-corrected chi connectivity index (χ0v) is 11.2. The van der Waals surface area contributed by atoms with Crippen LogP contribution in [0.2, 0.25) is 10.0 Å². The molecule has 2 nitrogen and oxygen atoms in total. The average molecular weight is 274 g/mol. The van der Waals surface area contributed by atoms with Gasteiger partial charge in [-0.2, -0.15) is 0 Å². The zero-order valence-electron chi connectivity index (χ0n) is 9.70. The van der Waals surface area contributed by atoms with E-state index in [4.69, 9.17) is 23.2 Å². The number of aliphatic hydroxyl groups excluding tert-OH is 1.